The van der Waals surface area contributed by atoms with Gasteiger partial charge in [0.25, 0.3) is 0 Å². The van der Waals surface area contributed by atoms with Crippen molar-refractivity contribution >= 4 is 17.1 Å². The van der Waals surface area contributed by atoms with Crippen molar-refractivity contribution in [2.24, 2.45) is 0 Å². The minimum Gasteiger partial charge on any atom is -0.310 e. The van der Waals surface area contributed by atoms with Gasteiger partial charge < -0.3 is 4.90 Å². The van der Waals surface area contributed by atoms with Crippen LogP contribution < -0.4 is 4.90 Å². The van der Waals surface area contributed by atoms with E-state index in [0.29, 0.717) is 0 Å². The van der Waals surface area contributed by atoms with Gasteiger partial charge in [0.05, 0.1) is 5.69 Å². The van der Waals surface area contributed by atoms with E-state index in [1.165, 1.54) is 78.3 Å². The summed E-state index contributed by atoms with van der Waals surface area (Å²) >= 11 is 0. The minimum absolute atomic E-state index is 0.0777. The molecule has 0 amide bonds. The Labute approximate surface area is 261 Å². The largest absolute Gasteiger partial charge is 0.310 e. The van der Waals surface area contributed by atoms with E-state index in [1.54, 1.807) is 0 Å². The molecule has 0 spiro atoms. The molecule has 0 atom stereocenters. The Morgan fingerprint density at radius 2 is 0.841 bits per heavy atom. The maximum Gasteiger partial charge on any atom is 0.0540 e. The van der Waals surface area contributed by atoms with Crippen LogP contribution in [0.25, 0.3) is 33.4 Å². The third-order valence-corrected chi connectivity index (χ3v) is 10.2. The van der Waals surface area contributed by atoms with Crippen LogP contribution in [0.3, 0.4) is 0 Å². The number of anilines is 3. The van der Waals surface area contributed by atoms with Crippen molar-refractivity contribution in [2.45, 2.75) is 45.4 Å². The Morgan fingerprint density at radius 3 is 1.36 bits per heavy atom. The van der Waals surface area contributed by atoms with Gasteiger partial charge in [-0.15, -0.1) is 0 Å². The average Bonchev–Trinajstić information content (AvgIpc) is 3.41. The average molecular weight is 568 g/mol. The van der Waals surface area contributed by atoms with E-state index >= 15 is 0 Å². The van der Waals surface area contributed by atoms with E-state index in [1.807, 2.05) is 0 Å². The van der Waals surface area contributed by atoms with E-state index in [9.17, 15) is 0 Å². The minimum atomic E-state index is -0.0777. The molecule has 0 aromatic heterocycles. The van der Waals surface area contributed by atoms with Crippen LogP contribution >= 0.6 is 0 Å². The molecular formula is C43H37N. The Hall–Kier alpha value is -4.88. The monoisotopic (exact) mass is 567 g/mol. The zero-order valence-electron chi connectivity index (χ0n) is 26.1. The molecular weight excluding hydrogens is 530 g/mol. The number of nitrogens with zero attached hydrogens (tertiary/aromatic N) is 1. The van der Waals surface area contributed by atoms with Crippen molar-refractivity contribution < 1.29 is 0 Å². The summed E-state index contributed by atoms with van der Waals surface area (Å²) in [5.41, 5.74) is 18.0. The standard InChI is InChI=1S/C43H37N/c1-28-18-20-29(21-19-28)32-12-8-11-17-41(32)44(30-22-24-35-33-13-6-9-15-37(33)42(2,3)39(35)26-30)31-23-25-36-34-14-7-10-16-38(34)43(4,5)40(36)27-31/h6-27H,1-5H3. The van der Waals surface area contributed by atoms with Crippen LogP contribution in [0.5, 0.6) is 0 Å². The molecule has 44 heavy (non-hydrogen) atoms. The number of benzene rings is 6. The Morgan fingerprint density at radius 1 is 0.409 bits per heavy atom. The molecule has 0 saturated carbocycles. The quantitative estimate of drug-likeness (QED) is 0.205. The summed E-state index contributed by atoms with van der Waals surface area (Å²) in [4.78, 5) is 2.48. The lowest BCUT2D eigenvalue weighted by atomic mass is 9.82. The molecule has 1 nitrogen and oxygen atoms in total. The zero-order chi connectivity index (χ0) is 30.2. The highest BCUT2D eigenvalue weighted by Crippen LogP contribution is 2.53. The van der Waals surface area contributed by atoms with Crippen molar-refractivity contribution in [1.29, 1.82) is 0 Å². The summed E-state index contributed by atoms with van der Waals surface area (Å²) in [7, 11) is 0. The maximum atomic E-state index is 2.48. The number of hydrogen-bond acceptors (Lipinski definition) is 1. The first kappa shape index (κ1) is 26.7. The molecule has 8 rings (SSSR count). The van der Waals surface area contributed by atoms with Crippen LogP contribution in [-0.2, 0) is 10.8 Å². The highest BCUT2D eigenvalue weighted by atomic mass is 15.1. The highest BCUT2D eigenvalue weighted by Gasteiger charge is 2.37. The molecule has 0 aliphatic heterocycles. The van der Waals surface area contributed by atoms with Gasteiger partial charge in [0.2, 0.25) is 0 Å². The number of rotatable bonds is 4. The number of aryl methyl sites for hydroxylation is 1. The fourth-order valence-corrected chi connectivity index (χ4v) is 7.74. The number of para-hydroxylation sites is 1. The second-order valence-corrected chi connectivity index (χ2v) is 13.5. The van der Waals surface area contributed by atoms with Gasteiger partial charge in [0, 0.05) is 27.8 Å². The highest BCUT2D eigenvalue weighted by molar-refractivity contribution is 5.92. The van der Waals surface area contributed by atoms with Crippen molar-refractivity contribution in [1.82, 2.24) is 0 Å². The van der Waals surface area contributed by atoms with Crippen molar-refractivity contribution in [3.8, 4) is 33.4 Å². The van der Waals surface area contributed by atoms with E-state index < -0.39 is 0 Å². The molecule has 2 aliphatic carbocycles. The second kappa shape index (κ2) is 9.56. The molecule has 2 aliphatic rings. The smallest absolute Gasteiger partial charge is 0.0540 e. The van der Waals surface area contributed by atoms with Gasteiger partial charge in [-0.1, -0.05) is 136 Å². The van der Waals surface area contributed by atoms with Gasteiger partial charge in [-0.05, 0) is 87.3 Å². The molecule has 0 bridgehead atoms. The van der Waals surface area contributed by atoms with Gasteiger partial charge in [0.15, 0.2) is 0 Å². The number of fused-ring (bicyclic) bond motifs is 6. The molecule has 6 aromatic carbocycles. The van der Waals surface area contributed by atoms with Gasteiger partial charge in [0.1, 0.15) is 0 Å². The van der Waals surface area contributed by atoms with E-state index in [4.69, 9.17) is 0 Å². The van der Waals surface area contributed by atoms with Crippen molar-refractivity contribution in [3.05, 3.63) is 161 Å². The zero-order valence-corrected chi connectivity index (χ0v) is 26.1. The van der Waals surface area contributed by atoms with Gasteiger partial charge >= 0.3 is 0 Å². The molecule has 0 heterocycles. The molecule has 0 radical (unpaired) electrons. The number of hydrogen-bond donors (Lipinski definition) is 0. The molecule has 0 N–H and O–H groups in total. The molecule has 6 aromatic rings. The Bertz CT molecular complexity index is 1970. The predicted molar refractivity (Wildman–Crippen MR) is 186 cm³/mol. The van der Waals surface area contributed by atoms with Crippen LogP contribution in [0.15, 0.2) is 133 Å². The first-order chi connectivity index (χ1) is 21.2. The fourth-order valence-electron chi connectivity index (χ4n) is 7.74. The Kier molecular flexibility index (Phi) is 5.81. The van der Waals surface area contributed by atoms with Gasteiger partial charge in [-0.2, -0.15) is 0 Å². The third-order valence-electron chi connectivity index (χ3n) is 10.2. The predicted octanol–water partition coefficient (Wildman–Crippen LogP) is 11.7. The fraction of sp³-hybridized carbons (Fsp3) is 0.163. The molecule has 214 valence electrons. The van der Waals surface area contributed by atoms with Crippen LogP contribution in [0.2, 0.25) is 0 Å². The maximum absolute atomic E-state index is 2.48. The van der Waals surface area contributed by atoms with Crippen molar-refractivity contribution in [2.75, 3.05) is 4.90 Å². The van der Waals surface area contributed by atoms with Crippen LogP contribution in [0, 0.1) is 6.92 Å². The van der Waals surface area contributed by atoms with Crippen molar-refractivity contribution in [3.63, 3.8) is 0 Å². The van der Waals surface area contributed by atoms with Crippen LogP contribution in [0.1, 0.15) is 55.5 Å². The summed E-state index contributed by atoms with van der Waals surface area (Å²) in [5, 5.41) is 0. The van der Waals surface area contributed by atoms with E-state index in [2.05, 4.69) is 173 Å². The molecule has 0 saturated heterocycles. The first-order valence-corrected chi connectivity index (χ1v) is 15.7. The summed E-state index contributed by atoms with van der Waals surface area (Å²) in [5.74, 6) is 0. The van der Waals surface area contributed by atoms with E-state index in [0.717, 1.165) is 0 Å². The SMILES string of the molecule is Cc1ccc(-c2ccccc2N(c2ccc3c(c2)C(C)(C)c2ccccc2-3)c2ccc3c(c2)C(C)(C)c2ccccc2-3)cc1. The summed E-state index contributed by atoms with van der Waals surface area (Å²) < 4.78 is 0. The lowest BCUT2D eigenvalue weighted by Gasteiger charge is -2.31. The lowest BCUT2D eigenvalue weighted by Crippen LogP contribution is -2.18. The normalized spacial score (nSPS) is 14.8. The topological polar surface area (TPSA) is 3.24 Å². The first-order valence-electron chi connectivity index (χ1n) is 15.7. The second-order valence-electron chi connectivity index (χ2n) is 13.5. The van der Waals surface area contributed by atoms with Crippen LogP contribution in [-0.4, -0.2) is 0 Å². The summed E-state index contributed by atoms with van der Waals surface area (Å²) in [6.07, 6.45) is 0. The van der Waals surface area contributed by atoms with E-state index in [-0.39, 0.29) is 10.8 Å². The summed E-state index contributed by atoms with van der Waals surface area (Å²) in [6.45, 7) is 11.6. The van der Waals surface area contributed by atoms with Gasteiger partial charge in [-0.25, -0.2) is 0 Å². The molecule has 0 unspecified atom stereocenters. The Balaban J connectivity index is 1.36. The van der Waals surface area contributed by atoms with Crippen LogP contribution in [0.4, 0.5) is 17.1 Å². The van der Waals surface area contributed by atoms with Gasteiger partial charge in [-0.3, -0.25) is 0 Å². The molecule has 0 fully saturated rings. The summed E-state index contributed by atoms with van der Waals surface area (Å²) in [6, 6.07) is 49.7. The lowest BCUT2D eigenvalue weighted by molar-refractivity contribution is 0.660. The third kappa shape index (κ3) is 3.85. The molecule has 1 heteroatoms.